The number of ketones is 1. The first kappa shape index (κ1) is 18.2. The van der Waals surface area contributed by atoms with E-state index < -0.39 is 5.97 Å². The molecule has 2 heterocycles. The van der Waals surface area contributed by atoms with Gasteiger partial charge in [0, 0.05) is 18.8 Å². The molecule has 1 aromatic rings. The molecule has 1 N–H and O–H groups in total. The van der Waals surface area contributed by atoms with Gasteiger partial charge in [0.05, 0.1) is 31.5 Å². The lowest BCUT2D eigenvalue weighted by Crippen LogP contribution is -2.39. The first-order chi connectivity index (χ1) is 11.3. The third-order valence-electron chi connectivity index (χ3n) is 4.38. The molecule has 1 fully saturated rings. The van der Waals surface area contributed by atoms with Gasteiger partial charge in [-0.05, 0) is 39.3 Å². The molecule has 0 saturated carbocycles. The lowest BCUT2D eigenvalue weighted by molar-refractivity contribution is -0.130. The van der Waals surface area contributed by atoms with Crippen LogP contribution in [0.2, 0.25) is 0 Å². The molecule has 2 rings (SSSR count). The summed E-state index contributed by atoms with van der Waals surface area (Å²) in [6.07, 6.45) is 2.09. The molecule has 0 atom stereocenters. The quantitative estimate of drug-likeness (QED) is 0.623. The number of amides is 1. The number of aromatic amines is 1. The molecule has 0 bridgehead atoms. The number of methoxy groups -OCH3 is 1. The van der Waals surface area contributed by atoms with Gasteiger partial charge in [0.25, 0.3) is 0 Å². The van der Waals surface area contributed by atoms with Crippen LogP contribution in [0.25, 0.3) is 0 Å². The van der Waals surface area contributed by atoms with Crippen LogP contribution in [0, 0.1) is 13.8 Å². The summed E-state index contributed by atoms with van der Waals surface area (Å²) in [5, 5.41) is 0. The standard InChI is InChI=1S/C17H25N3O4/c1-11-15(17(23)24-4)12(2)18-16(11)13(21)9-19(3)10-14(22)20-7-5-6-8-20/h18H,5-10H2,1-4H3. The van der Waals surface area contributed by atoms with Gasteiger partial charge in [-0.1, -0.05) is 0 Å². The summed E-state index contributed by atoms with van der Waals surface area (Å²) in [5.41, 5.74) is 1.99. The molecular formula is C17H25N3O4. The van der Waals surface area contributed by atoms with E-state index in [0.29, 0.717) is 22.5 Å². The highest BCUT2D eigenvalue weighted by atomic mass is 16.5. The van der Waals surface area contributed by atoms with Gasteiger partial charge in [-0.15, -0.1) is 0 Å². The second-order valence-corrected chi connectivity index (χ2v) is 6.30. The Hall–Kier alpha value is -2.15. The van der Waals surface area contributed by atoms with Crippen molar-refractivity contribution >= 4 is 17.7 Å². The minimum atomic E-state index is -0.460. The summed E-state index contributed by atoms with van der Waals surface area (Å²) in [7, 11) is 3.06. The van der Waals surface area contributed by atoms with E-state index in [-0.39, 0.29) is 24.8 Å². The van der Waals surface area contributed by atoms with Crippen LogP contribution in [0.5, 0.6) is 0 Å². The van der Waals surface area contributed by atoms with E-state index in [2.05, 4.69) is 4.98 Å². The Labute approximate surface area is 141 Å². The van der Waals surface area contributed by atoms with Gasteiger partial charge in [-0.25, -0.2) is 4.79 Å². The Kier molecular flexibility index (Phi) is 5.77. The molecule has 132 valence electrons. The maximum absolute atomic E-state index is 12.5. The Balaban J connectivity index is 2.01. The number of nitrogens with zero attached hydrogens (tertiary/aromatic N) is 2. The molecule has 1 amide bonds. The summed E-state index contributed by atoms with van der Waals surface area (Å²) < 4.78 is 4.75. The molecule has 24 heavy (non-hydrogen) atoms. The van der Waals surface area contributed by atoms with Crippen LogP contribution in [0.4, 0.5) is 0 Å². The highest BCUT2D eigenvalue weighted by Gasteiger charge is 2.24. The van der Waals surface area contributed by atoms with E-state index in [0.717, 1.165) is 25.9 Å². The van der Waals surface area contributed by atoms with Gasteiger partial charge in [0.15, 0.2) is 5.78 Å². The Bertz CT molecular complexity index is 645. The monoisotopic (exact) mass is 335 g/mol. The summed E-state index contributed by atoms with van der Waals surface area (Å²) in [5.74, 6) is -0.558. The van der Waals surface area contributed by atoms with Crippen molar-refractivity contribution in [1.82, 2.24) is 14.8 Å². The van der Waals surface area contributed by atoms with Crippen molar-refractivity contribution in [3.63, 3.8) is 0 Å². The van der Waals surface area contributed by atoms with Crippen LogP contribution in [0.3, 0.4) is 0 Å². The molecule has 1 aliphatic heterocycles. The van der Waals surface area contributed by atoms with Gasteiger partial charge < -0.3 is 14.6 Å². The van der Waals surface area contributed by atoms with E-state index in [1.807, 2.05) is 4.90 Å². The maximum atomic E-state index is 12.5. The largest absolute Gasteiger partial charge is 0.465 e. The van der Waals surface area contributed by atoms with E-state index in [1.165, 1.54) is 7.11 Å². The molecule has 7 heteroatoms. The van der Waals surface area contributed by atoms with E-state index in [4.69, 9.17) is 4.74 Å². The first-order valence-electron chi connectivity index (χ1n) is 8.12. The van der Waals surface area contributed by atoms with Gasteiger partial charge in [-0.3, -0.25) is 14.5 Å². The number of rotatable bonds is 6. The van der Waals surface area contributed by atoms with Crippen LogP contribution in [0.1, 0.15) is 44.9 Å². The van der Waals surface area contributed by atoms with Crippen molar-refractivity contribution in [3.05, 3.63) is 22.5 Å². The van der Waals surface area contributed by atoms with Gasteiger partial charge >= 0.3 is 5.97 Å². The minimum absolute atomic E-state index is 0.0532. The van der Waals surface area contributed by atoms with E-state index in [1.54, 1.807) is 25.8 Å². The third-order valence-corrected chi connectivity index (χ3v) is 4.38. The molecule has 0 aliphatic carbocycles. The van der Waals surface area contributed by atoms with Crippen LogP contribution >= 0.6 is 0 Å². The number of aromatic nitrogens is 1. The van der Waals surface area contributed by atoms with E-state index in [9.17, 15) is 14.4 Å². The number of H-pyrrole nitrogens is 1. The van der Waals surface area contributed by atoms with Crippen molar-refractivity contribution in [2.45, 2.75) is 26.7 Å². The molecule has 1 aliphatic rings. The number of aryl methyl sites for hydroxylation is 1. The highest BCUT2D eigenvalue weighted by molar-refractivity contribution is 6.02. The normalized spacial score (nSPS) is 14.3. The molecule has 0 unspecified atom stereocenters. The van der Waals surface area contributed by atoms with Crippen molar-refractivity contribution in [3.8, 4) is 0 Å². The lowest BCUT2D eigenvalue weighted by atomic mass is 10.1. The third kappa shape index (κ3) is 3.84. The fourth-order valence-corrected chi connectivity index (χ4v) is 3.11. The van der Waals surface area contributed by atoms with Gasteiger partial charge in [0.1, 0.15) is 0 Å². The fraction of sp³-hybridized carbons (Fsp3) is 0.588. The van der Waals surface area contributed by atoms with Crippen molar-refractivity contribution in [2.24, 2.45) is 0 Å². The minimum Gasteiger partial charge on any atom is -0.465 e. The van der Waals surface area contributed by atoms with Crippen molar-refractivity contribution in [2.75, 3.05) is 40.3 Å². The Morgan fingerprint density at radius 3 is 2.38 bits per heavy atom. The van der Waals surface area contributed by atoms with Crippen LogP contribution in [-0.4, -0.2) is 72.8 Å². The zero-order valence-corrected chi connectivity index (χ0v) is 14.8. The SMILES string of the molecule is COC(=O)c1c(C)[nH]c(C(=O)CN(C)CC(=O)N2CCCC2)c1C. The lowest BCUT2D eigenvalue weighted by Gasteiger charge is -2.20. The predicted molar refractivity (Wildman–Crippen MR) is 89.2 cm³/mol. The van der Waals surface area contributed by atoms with Crippen molar-refractivity contribution < 1.29 is 19.1 Å². The average molecular weight is 335 g/mol. The van der Waals surface area contributed by atoms with Gasteiger partial charge in [-0.2, -0.15) is 0 Å². The number of hydrogen-bond donors (Lipinski definition) is 1. The van der Waals surface area contributed by atoms with Gasteiger partial charge in [0.2, 0.25) is 5.91 Å². The highest BCUT2D eigenvalue weighted by Crippen LogP contribution is 2.19. The number of carbonyl (C=O) groups is 3. The predicted octanol–water partition coefficient (Wildman–Crippen LogP) is 1.16. The molecule has 0 spiro atoms. The Morgan fingerprint density at radius 1 is 1.17 bits per heavy atom. The number of hydrogen-bond acceptors (Lipinski definition) is 5. The number of Topliss-reactive ketones (excluding diaryl/α,β-unsaturated/α-hetero) is 1. The molecule has 1 aromatic heterocycles. The average Bonchev–Trinajstić information content (AvgIpc) is 3.15. The number of esters is 1. The summed E-state index contributed by atoms with van der Waals surface area (Å²) in [6.45, 7) is 5.39. The number of likely N-dealkylation sites (N-methyl/N-ethyl adjacent to an activating group) is 1. The zero-order valence-electron chi connectivity index (χ0n) is 14.8. The summed E-state index contributed by atoms with van der Waals surface area (Å²) in [4.78, 5) is 42.9. The number of carbonyl (C=O) groups excluding carboxylic acids is 3. The van der Waals surface area contributed by atoms with Crippen LogP contribution in [-0.2, 0) is 9.53 Å². The second kappa shape index (κ2) is 7.61. The molecule has 0 radical (unpaired) electrons. The zero-order chi connectivity index (χ0) is 17.9. The van der Waals surface area contributed by atoms with Crippen LogP contribution < -0.4 is 0 Å². The smallest absolute Gasteiger partial charge is 0.339 e. The number of likely N-dealkylation sites (tertiary alicyclic amines) is 1. The van der Waals surface area contributed by atoms with Crippen molar-refractivity contribution in [1.29, 1.82) is 0 Å². The van der Waals surface area contributed by atoms with E-state index >= 15 is 0 Å². The Morgan fingerprint density at radius 2 is 1.79 bits per heavy atom. The number of nitrogens with one attached hydrogen (secondary N) is 1. The molecular weight excluding hydrogens is 310 g/mol. The second-order valence-electron chi connectivity index (χ2n) is 6.30. The van der Waals surface area contributed by atoms with Crippen LogP contribution in [0.15, 0.2) is 0 Å². The topological polar surface area (TPSA) is 82.7 Å². The summed E-state index contributed by atoms with van der Waals surface area (Å²) >= 11 is 0. The molecule has 1 saturated heterocycles. The molecule has 7 nitrogen and oxygen atoms in total. The fourth-order valence-electron chi connectivity index (χ4n) is 3.11. The molecule has 0 aromatic carbocycles. The summed E-state index contributed by atoms with van der Waals surface area (Å²) in [6, 6.07) is 0. The number of ether oxygens (including phenoxy) is 1. The maximum Gasteiger partial charge on any atom is 0.339 e. The first-order valence-corrected chi connectivity index (χ1v) is 8.12.